The molecule has 7 nitrogen and oxygen atoms in total. The van der Waals surface area contributed by atoms with Gasteiger partial charge >= 0.3 is 57.4 Å². The number of rotatable bonds is 16. The third-order valence-electron chi connectivity index (χ3n) is 3.86. The van der Waals surface area contributed by atoms with Crippen LogP contribution in [0.25, 0.3) is 0 Å². The van der Waals surface area contributed by atoms with E-state index in [0.717, 1.165) is 44.9 Å². The van der Waals surface area contributed by atoms with E-state index in [0.29, 0.717) is 32.2 Å². The first-order valence-corrected chi connectivity index (χ1v) is 8.89. The Labute approximate surface area is 192 Å². The number of carbonyl (C=O) groups is 3. The third kappa shape index (κ3) is 18.6. The summed E-state index contributed by atoms with van der Waals surface area (Å²) >= 11 is 0. The Morgan fingerprint density at radius 1 is 0.880 bits per heavy atom. The van der Waals surface area contributed by atoms with E-state index in [2.05, 4.69) is 5.32 Å². The van der Waals surface area contributed by atoms with Crippen molar-refractivity contribution in [2.45, 2.75) is 83.1 Å². The summed E-state index contributed by atoms with van der Waals surface area (Å²) in [6.45, 7) is 0.504. The molecule has 0 saturated carbocycles. The number of unbranched alkanes of at least 4 members (excludes halogenated alkanes) is 7. The number of carboxylic acid groups (broad SMARTS) is 2. The smallest absolute Gasteiger partial charge is 0.548 e. The predicted octanol–water partition coefficient (Wildman–Crippen LogP) is -2.05. The number of nitrogens with one attached hydrogen (secondary N) is 1. The molecule has 25 heavy (non-hydrogen) atoms. The number of nitrogens with two attached hydrogens (primary N) is 1. The fraction of sp³-hybridized carbons (Fsp3) is 0.824. The van der Waals surface area contributed by atoms with Gasteiger partial charge in [-0.1, -0.05) is 32.1 Å². The van der Waals surface area contributed by atoms with Gasteiger partial charge in [-0.3, -0.25) is 9.59 Å². The summed E-state index contributed by atoms with van der Waals surface area (Å²) < 4.78 is 0. The molecule has 0 fully saturated rings. The summed E-state index contributed by atoms with van der Waals surface area (Å²) in [4.78, 5) is 33.1. The number of amides is 1. The van der Waals surface area contributed by atoms with E-state index >= 15 is 0 Å². The van der Waals surface area contributed by atoms with Crippen molar-refractivity contribution in [2.24, 2.45) is 5.73 Å². The number of aliphatic carboxylic acids is 2. The molecule has 0 aliphatic rings. The first-order chi connectivity index (χ1) is 11.5. The third-order valence-corrected chi connectivity index (χ3v) is 3.86. The van der Waals surface area contributed by atoms with Gasteiger partial charge in [0.2, 0.25) is 5.91 Å². The Bertz CT molecular complexity index is 380. The van der Waals surface area contributed by atoms with Gasteiger partial charge in [0.25, 0.3) is 0 Å². The van der Waals surface area contributed by atoms with Crippen molar-refractivity contribution in [3.63, 3.8) is 0 Å². The predicted molar refractivity (Wildman–Crippen MR) is 89.0 cm³/mol. The van der Waals surface area contributed by atoms with E-state index in [1.165, 1.54) is 0 Å². The van der Waals surface area contributed by atoms with Crippen molar-refractivity contribution in [2.75, 3.05) is 6.54 Å². The van der Waals surface area contributed by atoms with Crippen LogP contribution in [-0.2, 0) is 14.4 Å². The zero-order valence-corrected chi connectivity index (χ0v) is 18.6. The van der Waals surface area contributed by atoms with Crippen LogP contribution >= 0.6 is 0 Å². The van der Waals surface area contributed by atoms with Crippen LogP contribution in [0.2, 0.25) is 0 Å². The van der Waals surface area contributed by atoms with Crippen molar-refractivity contribution < 1.29 is 76.0 Å². The molecular formula is C17H31KN2O5. The van der Waals surface area contributed by atoms with Gasteiger partial charge in [-0.05, 0) is 38.6 Å². The van der Waals surface area contributed by atoms with Crippen molar-refractivity contribution in [3.05, 3.63) is 0 Å². The number of carboxylic acids is 2. The average molecular weight is 383 g/mol. The minimum atomic E-state index is -1.25. The fourth-order valence-corrected chi connectivity index (χ4v) is 2.45. The van der Waals surface area contributed by atoms with Gasteiger partial charge in [-0.25, -0.2) is 0 Å². The standard InChI is InChI=1S/C17H32N2O5.K/c18-13-9-8-10-14(17(23)24)19-15(20)11-6-4-2-1-3-5-7-12-16(21)22;/h14H,1-13,18H2,(H,19,20)(H,21,22)(H,23,24);/q;+1/p-1/t14-;/m0./s1. The van der Waals surface area contributed by atoms with Crippen molar-refractivity contribution in [1.82, 2.24) is 5.32 Å². The molecule has 140 valence electrons. The van der Waals surface area contributed by atoms with E-state index in [1.807, 2.05) is 0 Å². The topological polar surface area (TPSA) is 133 Å². The van der Waals surface area contributed by atoms with Crippen LogP contribution in [0, 0.1) is 0 Å². The van der Waals surface area contributed by atoms with E-state index in [1.54, 1.807) is 0 Å². The molecule has 0 aliphatic carbocycles. The summed E-state index contributed by atoms with van der Waals surface area (Å²) in [7, 11) is 0. The van der Waals surface area contributed by atoms with Gasteiger partial charge in [-0.2, -0.15) is 0 Å². The van der Waals surface area contributed by atoms with Crippen molar-refractivity contribution in [3.8, 4) is 0 Å². The molecule has 0 aromatic carbocycles. The van der Waals surface area contributed by atoms with Crippen LogP contribution in [0.15, 0.2) is 0 Å². The van der Waals surface area contributed by atoms with E-state index in [9.17, 15) is 19.5 Å². The Morgan fingerprint density at radius 2 is 1.40 bits per heavy atom. The minimum Gasteiger partial charge on any atom is -0.548 e. The Balaban J connectivity index is 0. The molecule has 0 unspecified atom stereocenters. The largest absolute Gasteiger partial charge is 1.00 e. The molecular weight excluding hydrogens is 351 g/mol. The molecule has 0 aromatic rings. The molecule has 1 atom stereocenters. The van der Waals surface area contributed by atoms with Gasteiger partial charge < -0.3 is 26.1 Å². The average Bonchev–Trinajstić information content (AvgIpc) is 2.52. The molecule has 0 saturated heterocycles. The second kappa shape index (κ2) is 18.8. The van der Waals surface area contributed by atoms with Crippen LogP contribution in [0.3, 0.4) is 0 Å². The first kappa shape index (κ1) is 27.2. The second-order valence-corrected chi connectivity index (χ2v) is 6.09. The number of carbonyl (C=O) groups excluding carboxylic acids is 2. The Hall–Kier alpha value is 0.00636. The summed E-state index contributed by atoms with van der Waals surface area (Å²) in [5.74, 6) is -2.25. The maximum atomic E-state index is 11.7. The maximum Gasteiger partial charge on any atom is 1.00 e. The van der Waals surface area contributed by atoms with Gasteiger partial charge in [0.1, 0.15) is 0 Å². The van der Waals surface area contributed by atoms with Crippen LogP contribution in [0.4, 0.5) is 0 Å². The molecule has 0 aromatic heterocycles. The van der Waals surface area contributed by atoms with Crippen LogP contribution < -0.4 is 67.5 Å². The van der Waals surface area contributed by atoms with Crippen molar-refractivity contribution in [1.29, 1.82) is 0 Å². The van der Waals surface area contributed by atoms with Gasteiger partial charge in [-0.15, -0.1) is 0 Å². The van der Waals surface area contributed by atoms with Gasteiger partial charge in [0.15, 0.2) is 0 Å². The summed E-state index contributed by atoms with van der Waals surface area (Å²) in [5.41, 5.74) is 5.36. The molecule has 8 heteroatoms. The summed E-state index contributed by atoms with van der Waals surface area (Å²) in [5, 5.41) is 22.0. The molecule has 0 heterocycles. The van der Waals surface area contributed by atoms with E-state index < -0.39 is 18.0 Å². The molecule has 1 amide bonds. The number of hydrogen-bond acceptors (Lipinski definition) is 5. The molecule has 0 aliphatic heterocycles. The van der Waals surface area contributed by atoms with Gasteiger partial charge in [0, 0.05) is 12.8 Å². The van der Waals surface area contributed by atoms with E-state index in [4.69, 9.17) is 10.8 Å². The van der Waals surface area contributed by atoms with Crippen LogP contribution in [-0.4, -0.2) is 35.5 Å². The maximum absolute atomic E-state index is 11.7. The van der Waals surface area contributed by atoms with E-state index in [-0.39, 0.29) is 63.7 Å². The molecule has 0 radical (unpaired) electrons. The normalized spacial score (nSPS) is 11.4. The van der Waals surface area contributed by atoms with Crippen LogP contribution in [0.1, 0.15) is 77.0 Å². The monoisotopic (exact) mass is 382 g/mol. The summed E-state index contributed by atoms with van der Waals surface area (Å²) in [6.07, 6.45) is 8.58. The second-order valence-electron chi connectivity index (χ2n) is 6.09. The van der Waals surface area contributed by atoms with Crippen molar-refractivity contribution >= 4 is 17.8 Å². The quantitative estimate of drug-likeness (QED) is 0.208. The number of hydrogen-bond donors (Lipinski definition) is 3. The Morgan fingerprint density at radius 3 is 1.88 bits per heavy atom. The molecule has 4 N–H and O–H groups in total. The minimum absolute atomic E-state index is 0. The Kier molecular flexibility index (Phi) is 20.5. The fourth-order valence-electron chi connectivity index (χ4n) is 2.45. The zero-order valence-electron chi connectivity index (χ0n) is 15.4. The first-order valence-electron chi connectivity index (χ1n) is 8.89. The van der Waals surface area contributed by atoms with Crippen LogP contribution in [0.5, 0.6) is 0 Å². The summed E-state index contributed by atoms with van der Waals surface area (Å²) in [6, 6.07) is -0.932. The SMILES string of the molecule is NCCCC[C@H](NC(=O)CCCCCCCCCC(=O)O)C(=O)[O-].[K+]. The zero-order chi connectivity index (χ0) is 18.2. The molecule has 0 rings (SSSR count). The molecule has 0 spiro atoms. The molecule has 0 bridgehead atoms. The van der Waals surface area contributed by atoms with Gasteiger partial charge in [0.05, 0.1) is 12.0 Å².